The number of nitrogens with one attached hydrogen (secondary N) is 3. The number of rotatable bonds is 6. The van der Waals surface area contributed by atoms with Crippen molar-refractivity contribution in [2.75, 3.05) is 13.1 Å². The van der Waals surface area contributed by atoms with Crippen LogP contribution in [-0.2, 0) is 11.2 Å². The Hall–Kier alpha value is -2.08. The van der Waals surface area contributed by atoms with Gasteiger partial charge in [0, 0.05) is 13.0 Å². The molecule has 6 heteroatoms. The Bertz CT molecular complexity index is 614. The quantitative estimate of drug-likeness (QED) is 0.600. The number of hydrogen-bond donors (Lipinski definition) is 4. The molecule has 0 saturated carbocycles. The fourth-order valence-electron chi connectivity index (χ4n) is 1.93. The number of H-pyrrole nitrogens is 2. The lowest BCUT2D eigenvalue weighted by Crippen LogP contribution is -2.25. The molecule has 0 radical (unpaired) electrons. The van der Waals surface area contributed by atoms with Gasteiger partial charge in [0.1, 0.15) is 0 Å². The van der Waals surface area contributed by atoms with Crippen LogP contribution in [-0.4, -0.2) is 29.0 Å². The van der Waals surface area contributed by atoms with Crippen LogP contribution in [0.15, 0.2) is 23.0 Å². The molecule has 6 nitrogen and oxygen atoms in total. The monoisotopic (exact) mass is 262 g/mol. The van der Waals surface area contributed by atoms with Gasteiger partial charge in [-0.15, -0.1) is 0 Å². The summed E-state index contributed by atoms with van der Waals surface area (Å²) in [6, 6.07) is 5.72. The summed E-state index contributed by atoms with van der Waals surface area (Å²) in [6.45, 7) is 1.12. The first-order chi connectivity index (χ1) is 9.19. The first kappa shape index (κ1) is 13.4. The molecular weight excluding hydrogens is 244 g/mol. The van der Waals surface area contributed by atoms with Crippen molar-refractivity contribution in [3.05, 3.63) is 34.2 Å². The van der Waals surface area contributed by atoms with Crippen LogP contribution in [0.5, 0.6) is 0 Å². The standard InChI is InChI=1S/C13H18N4O2/c14-6-1-2-12(18)15-7-5-9-3-4-10-11(8-9)17-13(19)16-10/h3-4,8H,1-2,5-7,14H2,(H,15,18)(H2,16,17,19). The van der Waals surface area contributed by atoms with Crippen molar-refractivity contribution in [2.24, 2.45) is 5.73 Å². The van der Waals surface area contributed by atoms with E-state index in [0.717, 1.165) is 23.0 Å². The maximum atomic E-state index is 11.4. The number of nitrogens with two attached hydrogens (primary N) is 1. The molecule has 1 aromatic carbocycles. The number of hydrogen-bond acceptors (Lipinski definition) is 3. The van der Waals surface area contributed by atoms with Gasteiger partial charge in [-0.2, -0.15) is 0 Å². The molecule has 1 heterocycles. The van der Waals surface area contributed by atoms with Gasteiger partial charge in [-0.3, -0.25) is 4.79 Å². The number of aromatic amines is 2. The van der Waals surface area contributed by atoms with Crippen molar-refractivity contribution in [1.29, 1.82) is 0 Å². The molecule has 0 fully saturated rings. The van der Waals surface area contributed by atoms with Crippen LogP contribution in [0.1, 0.15) is 18.4 Å². The third-order valence-electron chi connectivity index (χ3n) is 2.92. The Morgan fingerprint density at radius 3 is 2.84 bits per heavy atom. The van der Waals surface area contributed by atoms with Crippen LogP contribution in [0.25, 0.3) is 11.0 Å². The average molecular weight is 262 g/mol. The summed E-state index contributed by atoms with van der Waals surface area (Å²) in [6.07, 6.45) is 1.92. The summed E-state index contributed by atoms with van der Waals surface area (Å²) in [5.74, 6) is 0.0292. The van der Waals surface area contributed by atoms with E-state index in [1.807, 2.05) is 18.2 Å². The fourth-order valence-corrected chi connectivity index (χ4v) is 1.93. The van der Waals surface area contributed by atoms with E-state index in [1.165, 1.54) is 0 Å². The van der Waals surface area contributed by atoms with Gasteiger partial charge in [0.2, 0.25) is 5.91 Å². The van der Waals surface area contributed by atoms with Gasteiger partial charge in [-0.1, -0.05) is 6.07 Å². The molecule has 102 valence electrons. The van der Waals surface area contributed by atoms with Crippen molar-refractivity contribution in [1.82, 2.24) is 15.3 Å². The summed E-state index contributed by atoms with van der Waals surface area (Å²) in [4.78, 5) is 27.9. The molecule has 2 rings (SSSR count). The third kappa shape index (κ3) is 3.69. The minimum atomic E-state index is -0.206. The van der Waals surface area contributed by atoms with E-state index in [9.17, 15) is 9.59 Å². The van der Waals surface area contributed by atoms with Gasteiger partial charge in [0.25, 0.3) is 0 Å². The molecule has 0 bridgehead atoms. The molecule has 2 aromatic rings. The zero-order valence-corrected chi connectivity index (χ0v) is 10.7. The number of imidazole rings is 1. The lowest BCUT2D eigenvalue weighted by atomic mass is 10.1. The predicted octanol–water partition coefficient (Wildman–Crippen LogP) is 0.254. The average Bonchev–Trinajstić information content (AvgIpc) is 2.75. The van der Waals surface area contributed by atoms with Crippen molar-refractivity contribution < 1.29 is 4.79 Å². The Morgan fingerprint density at radius 2 is 2.05 bits per heavy atom. The zero-order valence-electron chi connectivity index (χ0n) is 10.7. The van der Waals surface area contributed by atoms with Gasteiger partial charge in [-0.25, -0.2) is 4.79 Å². The molecule has 19 heavy (non-hydrogen) atoms. The molecule has 0 spiro atoms. The van der Waals surface area contributed by atoms with Crippen LogP contribution in [0.2, 0.25) is 0 Å². The molecule has 0 aliphatic heterocycles. The van der Waals surface area contributed by atoms with Gasteiger partial charge in [0.15, 0.2) is 0 Å². The SMILES string of the molecule is NCCCC(=O)NCCc1ccc2[nH]c(=O)[nH]c2c1. The normalized spacial score (nSPS) is 10.8. The van der Waals surface area contributed by atoms with Crippen LogP contribution in [0, 0.1) is 0 Å². The molecule has 1 amide bonds. The van der Waals surface area contributed by atoms with Crippen molar-refractivity contribution in [2.45, 2.75) is 19.3 Å². The van der Waals surface area contributed by atoms with Gasteiger partial charge < -0.3 is 21.0 Å². The Kier molecular flexibility index (Phi) is 4.35. The van der Waals surface area contributed by atoms with E-state index in [0.29, 0.717) is 25.9 Å². The first-order valence-corrected chi connectivity index (χ1v) is 6.37. The summed E-state index contributed by atoms with van der Waals surface area (Å²) in [5, 5.41) is 2.84. The summed E-state index contributed by atoms with van der Waals surface area (Å²) in [7, 11) is 0. The summed E-state index contributed by atoms with van der Waals surface area (Å²) in [5.41, 5.74) is 7.79. The maximum Gasteiger partial charge on any atom is 0.323 e. The highest BCUT2D eigenvalue weighted by atomic mass is 16.1. The highest BCUT2D eigenvalue weighted by molar-refractivity contribution is 5.76. The second-order valence-corrected chi connectivity index (χ2v) is 4.45. The highest BCUT2D eigenvalue weighted by Gasteiger charge is 2.02. The number of fused-ring (bicyclic) bond motifs is 1. The zero-order chi connectivity index (χ0) is 13.7. The Labute approximate surface area is 110 Å². The Morgan fingerprint density at radius 1 is 1.26 bits per heavy atom. The molecular formula is C13H18N4O2. The molecule has 0 saturated heterocycles. The summed E-state index contributed by atoms with van der Waals surface area (Å²) < 4.78 is 0. The minimum absolute atomic E-state index is 0.0292. The predicted molar refractivity (Wildman–Crippen MR) is 73.9 cm³/mol. The highest BCUT2D eigenvalue weighted by Crippen LogP contribution is 2.10. The lowest BCUT2D eigenvalue weighted by Gasteiger charge is -2.05. The molecule has 0 aliphatic carbocycles. The van der Waals surface area contributed by atoms with E-state index in [-0.39, 0.29) is 11.6 Å². The number of amides is 1. The molecule has 1 aromatic heterocycles. The number of aromatic nitrogens is 2. The fraction of sp³-hybridized carbons (Fsp3) is 0.385. The van der Waals surface area contributed by atoms with Gasteiger partial charge in [-0.05, 0) is 37.1 Å². The number of benzene rings is 1. The second kappa shape index (κ2) is 6.19. The lowest BCUT2D eigenvalue weighted by molar-refractivity contribution is -0.121. The minimum Gasteiger partial charge on any atom is -0.356 e. The Balaban J connectivity index is 1.87. The van der Waals surface area contributed by atoms with E-state index in [2.05, 4.69) is 15.3 Å². The van der Waals surface area contributed by atoms with Crippen molar-refractivity contribution >= 4 is 16.9 Å². The van der Waals surface area contributed by atoms with Crippen LogP contribution < -0.4 is 16.7 Å². The maximum absolute atomic E-state index is 11.4. The summed E-state index contributed by atoms with van der Waals surface area (Å²) >= 11 is 0. The topological polar surface area (TPSA) is 104 Å². The molecule has 0 atom stereocenters. The van der Waals surface area contributed by atoms with Crippen molar-refractivity contribution in [3.63, 3.8) is 0 Å². The van der Waals surface area contributed by atoms with E-state index < -0.39 is 0 Å². The van der Waals surface area contributed by atoms with Crippen LogP contribution in [0.3, 0.4) is 0 Å². The molecule has 0 unspecified atom stereocenters. The van der Waals surface area contributed by atoms with Crippen molar-refractivity contribution in [3.8, 4) is 0 Å². The molecule has 0 aliphatic rings. The van der Waals surface area contributed by atoms with Gasteiger partial charge >= 0.3 is 5.69 Å². The van der Waals surface area contributed by atoms with E-state index >= 15 is 0 Å². The number of carbonyl (C=O) groups excluding carboxylic acids is 1. The smallest absolute Gasteiger partial charge is 0.323 e. The van der Waals surface area contributed by atoms with E-state index in [1.54, 1.807) is 0 Å². The second-order valence-electron chi connectivity index (χ2n) is 4.45. The third-order valence-corrected chi connectivity index (χ3v) is 2.92. The van der Waals surface area contributed by atoms with Crippen LogP contribution in [0.4, 0.5) is 0 Å². The largest absolute Gasteiger partial charge is 0.356 e. The molecule has 5 N–H and O–H groups in total. The van der Waals surface area contributed by atoms with E-state index in [4.69, 9.17) is 5.73 Å². The van der Waals surface area contributed by atoms with Gasteiger partial charge in [0.05, 0.1) is 11.0 Å². The van der Waals surface area contributed by atoms with Crippen LogP contribution >= 0.6 is 0 Å². The first-order valence-electron chi connectivity index (χ1n) is 6.37. The number of carbonyl (C=O) groups is 1.